The molecule has 4 heteroatoms. The van der Waals surface area contributed by atoms with Crippen LogP contribution in [0.3, 0.4) is 0 Å². The Labute approximate surface area is 378 Å². The average molecular weight is 838 g/mol. The minimum Gasteiger partial charge on any atom is -0.310 e. The van der Waals surface area contributed by atoms with E-state index in [2.05, 4.69) is 276 Å². The highest BCUT2D eigenvalue weighted by molar-refractivity contribution is 7.26. The normalized spacial score (nSPS) is 11.1. The summed E-state index contributed by atoms with van der Waals surface area (Å²) in [5.41, 5.74) is 14.7. The van der Waals surface area contributed by atoms with Crippen molar-refractivity contribution >= 4 is 82.7 Å². The first-order valence-electron chi connectivity index (χ1n) is 21.7. The van der Waals surface area contributed by atoms with Gasteiger partial charge in [-0.3, -0.25) is 0 Å². The standard InChI is InChI=1S/C60H43N3S/c1-7-20-44(21-8-1)45-34-36-46(37-35-45)47-38-40-53(41-39-47)62(50-26-13-4-14-27-50)55-42-43-56(63(51-28-15-5-16-29-51)52-30-17-6-18-31-52)60-59(55)58-54(32-19-33-57(58)64-60)61(48-22-9-2-10-23-48)49-24-11-3-12-25-49/h1-43H. The molecule has 0 bridgehead atoms. The molecule has 11 rings (SSSR count). The number of thiophene rings is 1. The summed E-state index contributed by atoms with van der Waals surface area (Å²) in [4.78, 5) is 7.24. The molecule has 0 spiro atoms. The predicted molar refractivity (Wildman–Crippen MR) is 274 cm³/mol. The largest absolute Gasteiger partial charge is 0.310 e. The molecule has 304 valence electrons. The smallest absolute Gasteiger partial charge is 0.0641 e. The third-order valence-corrected chi connectivity index (χ3v) is 13.0. The summed E-state index contributed by atoms with van der Waals surface area (Å²) < 4.78 is 2.41. The van der Waals surface area contributed by atoms with E-state index in [1.54, 1.807) is 0 Å². The highest BCUT2D eigenvalue weighted by Crippen LogP contribution is 2.54. The molecule has 0 saturated carbocycles. The van der Waals surface area contributed by atoms with Crippen molar-refractivity contribution in [1.82, 2.24) is 0 Å². The maximum absolute atomic E-state index is 2.43. The maximum atomic E-state index is 2.43. The minimum absolute atomic E-state index is 1.08. The van der Waals surface area contributed by atoms with E-state index in [1.807, 2.05) is 11.3 Å². The van der Waals surface area contributed by atoms with E-state index in [0.717, 1.165) is 51.2 Å². The van der Waals surface area contributed by atoms with E-state index >= 15 is 0 Å². The fourth-order valence-electron chi connectivity index (χ4n) is 8.88. The van der Waals surface area contributed by atoms with Crippen molar-refractivity contribution in [3.05, 3.63) is 261 Å². The van der Waals surface area contributed by atoms with Gasteiger partial charge in [0.15, 0.2) is 0 Å². The zero-order valence-corrected chi connectivity index (χ0v) is 35.9. The van der Waals surface area contributed by atoms with Gasteiger partial charge in [0.2, 0.25) is 0 Å². The highest BCUT2D eigenvalue weighted by atomic mass is 32.1. The summed E-state index contributed by atoms with van der Waals surface area (Å²) >= 11 is 1.85. The molecular weight excluding hydrogens is 795 g/mol. The first-order chi connectivity index (χ1) is 31.8. The molecule has 0 amide bonds. The molecule has 0 aliphatic heterocycles. The lowest BCUT2D eigenvalue weighted by Gasteiger charge is -2.30. The zero-order valence-electron chi connectivity index (χ0n) is 35.1. The number of anilines is 9. The molecule has 10 aromatic carbocycles. The fourth-order valence-corrected chi connectivity index (χ4v) is 10.1. The van der Waals surface area contributed by atoms with E-state index in [9.17, 15) is 0 Å². The topological polar surface area (TPSA) is 9.72 Å². The molecule has 64 heavy (non-hydrogen) atoms. The predicted octanol–water partition coefficient (Wildman–Crippen LogP) is 17.8. The second kappa shape index (κ2) is 17.3. The van der Waals surface area contributed by atoms with Gasteiger partial charge in [0, 0.05) is 49.6 Å². The first kappa shape index (κ1) is 38.7. The number of hydrogen-bond donors (Lipinski definition) is 0. The van der Waals surface area contributed by atoms with E-state index in [-0.39, 0.29) is 0 Å². The second-order valence-corrected chi connectivity index (χ2v) is 16.8. The van der Waals surface area contributed by atoms with Crippen molar-refractivity contribution in [3.63, 3.8) is 0 Å². The number of benzene rings is 10. The van der Waals surface area contributed by atoms with Crippen LogP contribution in [-0.2, 0) is 0 Å². The van der Waals surface area contributed by atoms with Gasteiger partial charge in [-0.05, 0) is 119 Å². The van der Waals surface area contributed by atoms with Crippen LogP contribution in [0, 0.1) is 0 Å². The maximum Gasteiger partial charge on any atom is 0.0641 e. The first-order valence-corrected chi connectivity index (χ1v) is 22.5. The Morgan fingerprint density at radius 2 is 0.531 bits per heavy atom. The Bertz CT molecular complexity index is 3210. The van der Waals surface area contributed by atoms with Gasteiger partial charge in [-0.15, -0.1) is 11.3 Å². The van der Waals surface area contributed by atoms with Crippen molar-refractivity contribution in [3.8, 4) is 22.3 Å². The van der Waals surface area contributed by atoms with Crippen LogP contribution in [0.2, 0.25) is 0 Å². The van der Waals surface area contributed by atoms with Gasteiger partial charge in [0.05, 0.1) is 21.8 Å². The number of rotatable bonds is 11. The van der Waals surface area contributed by atoms with Crippen molar-refractivity contribution < 1.29 is 0 Å². The second-order valence-electron chi connectivity index (χ2n) is 15.7. The molecule has 0 aliphatic carbocycles. The summed E-state index contributed by atoms with van der Waals surface area (Å²) in [5, 5.41) is 2.38. The lowest BCUT2D eigenvalue weighted by atomic mass is 10.00. The Hall–Kier alpha value is -8.18. The lowest BCUT2D eigenvalue weighted by Crippen LogP contribution is -2.13. The zero-order chi connectivity index (χ0) is 42.7. The van der Waals surface area contributed by atoms with E-state index in [1.165, 1.54) is 42.4 Å². The summed E-state index contributed by atoms with van der Waals surface area (Å²) in [6.45, 7) is 0. The van der Waals surface area contributed by atoms with Gasteiger partial charge in [-0.1, -0.05) is 164 Å². The van der Waals surface area contributed by atoms with Crippen LogP contribution < -0.4 is 14.7 Å². The fraction of sp³-hybridized carbons (Fsp3) is 0. The van der Waals surface area contributed by atoms with Crippen molar-refractivity contribution in [2.24, 2.45) is 0 Å². The Balaban J connectivity index is 1.16. The van der Waals surface area contributed by atoms with Gasteiger partial charge < -0.3 is 14.7 Å². The molecule has 0 N–H and O–H groups in total. The molecule has 3 nitrogen and oxygen atoms in total. The minimum atomic E-state index is 1.08. The van der Waals surface area contributed by atoms with E-state index < -0.39 is 0 Å². The number of nitrogens with zero attached hydrogens (tertiary/aromatic N) is 3. The highest BCUT2D eigenvalue weighted by Gasteiger charge is 2.27. The lowest BCUT2D eigenvalue weighted by molar-refractivity contribution is 1.28. The Morgan fingerprint density at radius 3 is 0.953 bits per heavy atom. The Kier molecular flexibility index (Phi) is 10.5. The van der Waals surface area contributed by atoms with Crippen LogP contribution in [0.1, 0.15) is 0 Å². The van der Waals surface area contributed by atoms with E-state index in [4.69, 9.17) is 0 Å². The molecule has 11 aromatic rings. The van der Waals surface area contributed by atoms with Crippen LogP contribution >= 0.6 is 11.3 Å². The molecule has 1 aromatic heterocycles. The third-order valence-electron chi connectivity index (χ3n) is 11.8. The van der Waals surface area contributed by atoms with Crippen LogP contribution in [0.5, 0.6) is 0 Å². The Morgan fingerprint density at radius 1 is 0.219 bits per heavy atom. The summed E-state index contributed by atoms with van der Waals surface area (Å²) in [7, 11) is 0. The summed E-state index contributed by atoms with van der Waals surface area (Å²) in [5.74, 6) is 0. The molecule has 0 fully saturated rings. The van der Waals surface area contributed by atoms with Crippen LogP contribution in [0.4, 0.5) is 51.2 Å². The van der Waals surface area contributed by atoms with Gasteiger partial charge in [0.25, 0.3) is 0 Å². The van der Waals surface area contributed by atoms with Crippen molar-refractivity contribution in [1.29, 1.82) is 0 Å². The molecule has 0 radical (unpaired) electrons. The molecule has 0 saturated heterocycles. The van der Waals surface area contributed by atoms with Crippen molar-refractivity contribution in [2.75, 3.05) is 14.7 Å². The number of hydrogen-bond acceptors (Lipinski definition) is 4. The third kappa shape index (κ3) is 7.36. The van der Waals surface area contributed by atoms with Crippen LogP contribution in [-0.4, -0.2) is 0 Å². The molecule has 1 heterocycles. The summed E-state index contributed by atoms with van der Waals surface area (Å²) in [6.07, 6.45) is 0. The van der Waals surface area contributed by atoms with Gasteiger partial charge in [-0.2, -0.15) is 0 Å². The van der Waals surface area contributed by atoms with Gasteiger partial charge in [-0.25, -0.2) is 0 Å². The van der Waals surface area contributed by atoms with Gasteiger partial charge in [0.1, 0.15) is 0 Å². The summed E-state index contributed by atoms with van der Waals surface area (Å²) in [6, 6.07) is 93.6. The SMILES string of the molecule is c1ccc(-c2ccc(-c3ccc(N(c4ccccc4)c4ccc(N(c5ccccc5)c5ccccc5)c5sc6cccc(N(c7ccccc7)c7ccccc7)c6c45)cc3)cc2)cc1. The monoisotopic (exact) mass is 837 g/mol. The van der Waals surface area contributed by atoms with Crippen LogP contribution in [0.15, 0.2) is 261 Å². The number of fused-ring (bicyclic) bond motifs is 3. The number of para-hydroxylation sites is 5. The quantitative estimate of drug-likeness (QED) is 0.128. The molecule has 0 atom stereocenters. The van der Waals surface area contributed by atoms with Gasteiger partial charge >= 0.3 is 0 Å². The van der Waals surface area contributed by atoms with E-state index in [0.29, 0.717) is 0 Å². The average Bonchev–Trinajstić information content (AvgIpc) is 3.78. The molecular formula is C60H43N3S. The molecule has 0 unspecified atom stereocenters. The molecule has 0 aliphatic rings. The van der Waals surface area contributed by atoms with Crippen LogP contribution in [0.25, 0.3) is 42.4 Å². The van der Waals surface area contributed by atoms with Crippen molar-refractivity contribution in [2.45, 2.75) is 0 Å².